The van der Waals surface area contributed by atoms with Gasteiger partial charge in [-0.2, -0.15) is 43.3 Å². The van der Waals surface area contributed by atoms with Crippen molar-refractivity contribution in [3.8, 4) is 0 Å². The fraction of sp³-hybridized carbons (Fsp3) is 0.176. The molecule has 0 radical (unpaired) electrons. The van der Waals surface area contributed by atoms with E-state index in [2.05, 4.69) is 41.7 Å². The summed E-state index contributed by atoms with van der Waals surface area (Å²) in [7, 11) is -0.708. The van der Waals surface area contributed by atoms with Crippen molar-refractivity contribution in [3.05, 3.63) is 59.7 Å². The zero-order valence-corrected chi connectivity index (χ0v) is 39.8. The maximum Gasteiger partial charge on any atom is 1.00 e. The molecule has 0 fully saturated rings. The number of nitrogens with two attached hydrogens (primary N) is 1. The molecule has 0 spiro atoms. The van der Waals surface area contributed by atoms with Crippen LogP contribution in [0.15, 0.2) is 48.5 Å². The predicted molar refractivity (Wildman–Crippen MR) is 186 cm³/mol. The van der Waals surface area contributed by atoms with Crippen LogP contribution >= 0.6 is 72.8 Å². The molecular formula is C17H32Cl3N2Na2O13P4S4-. The Balaban J connectivity index is -0.0000000533. The molecule has 2 aromatic carbocycles. The number of nitrogens with one attached hydrogen (secondary N) is 1. The molecule has 2 rings (SSSR count). The summed E-state index contributed by atoms with van der Waals surface area (Å²) in [5.74, 6) is -2.48. The number of aromatic carboxylic acids is 2. The molecule has 5 atom stereocenters. The summed E-state index contributed by atoms with van der Waals surface area (Å²) in [6, 6.07) is 11.1. The molecule has 0 aliphatic carbocycles. The summed E-state index contributed by atoms with van der Waals surface area (Å²) in [6.45, 7) is 0. The number of benzene rings is 2. The predicted octanol–water partition coefficient (Wildman–Crippen LogP) is -6.39. The average Bonchev–Trinajstić information content (AvgIpc) is 2.72. The molecule has 2 aromatic rings. The van der Waals surface area contributed by atoms with Gasteiger partial charge in [0.05, 0.1) is 42.6 Å². The van der Waals surface area contributed by atoms with E-state index in [9.17, 15) is 45.1 Å². The quantitative estimate of drug-likeness (QED) is 0.0931. The van der Waals surface area contributed by atoms with Gasteiger partial charge in [-0.1, -0.05) is 24.3 Å². The van der Waals surface area contributed by atoms with Crippen LogP contribution in [0.1, 0.15) is 20.7 Å². The number of anilines is 2. The van der Waals surface area contributed by atoms with E-state index in [0.29, 0.717) is 11.4 Å². The minimum absolute atomic E-state index is 0. The van der Waals surface area contributed by atoms with E-state index >= 15 is 0 Å². The minimum Gasteiger partial charge on any atom is -0.749 e. The summed E-state index contributed by atoms with van der Waals surface area (Å²) in [5.41, 5.74) is 6.33. The molecule has 0 heterocycles. The fourth-order valence-corrected chi connectivity index (χ4v) is 2.07. The Morgan fingerprint density at radius 2 is 0.956 bits per heavy atom. The number of rotatable bonds is 5. The molecule has 0 bridgehead atoms. The molecule has 0 aromatic heterocycles. The number of sulfonamides is 1. The van der Waals surface area contributed by atoms with Crippen molar-refractivity contribution in [2.24, 2.45) is 0 Å². The zero-order chi connectivity index (χ0) is 31.6. The van der Waals surface area contributed by atoms with Gasteiger partial charge >= 0.3 is 59.1 Å². The zero-order valence-electron chi connectivity index (χ0n) is 24.6. The first-order valence-electron chi connectivity index (χ1n) is 8.89. The second-order valence-corrected chi connectivity index (χ2v) is 15.0. The maximum absolute atomic E-state index is 10.8. The van der Waals surface area contributed by atoms with Gasteiger partial charge in [0, 0.05) is 32.7 Å². The van der Waals surface area contributed by atoms with Gasteiger partial charge in [0.1, 0.15) is 11.4 Å². The second kappa shape index (κ2) is 35.3. The van der Waals surface area contributed by atoms with Gasteiger partial charge in [-0.15, -0.1) is 0 Å². The molecule has 0 amide bonds. The van der Waals surface area contributed by atoms with E-state index in [1.54, 1.807) is 0 Å². The minimum atomic E-state index is -3.32. The van der Waals surface area contributed by atoms with E-state index in [-0.39, 0.29) is 110 Å². The van der Waals surface area contributed by atoms with Crippen molar-refractivity contribution < 1.29 is 117 Å². The van der Waals surface area contributed by atoms with E-state index < -0.39 is 51.4 Å². The fourth-order valence-electron chi connectivity index (χ4n) is 1.51. The van der Waals surface area contributed by atoms with Crippen molar-refractivity contribution in [1.82, 2.24) is 0 Å². The smallest absolute Gasteiger partial charge is 0.749 e. The van der Waals surface area contributed by atoms with Crippen LogP contribution in [0.5, 0.6) is 0 Å². The first-order valence-corrected chi connectivity index (χ1v) is 17.5. The monoisotopic (exact) mass is 875 g/mol. The number of carbonyl (C=O) groups excluding carboxylic acids is 2. The Bertz CT molecular complexity index is 1370. The van der Waals surface area contributed by atoms with Crippen molar-refractivity contribution in [2.75, 3.05) is 29.2 Å². The van der Waals surface area contributed by atoms with Crippen molar-refractivity contribution in [1.29, 1.82) is 0 Å². The molecule has 256 valence electrons. The average molecular weight is 877 g/mol. The molecule has 0 aliphatic rings. The Hall–Kier alpha value is 1.49. The van der Waals surface area contributed by atoms with Crippen LogP contribution in [0.25, 0.3) is 0 Å². The normalized spacial score (nSPS) is 9.67. The third-order valence-electron chi connectivity index (χ3n) is 2.62. The van der Waals surface area contributed by atoms with Crippen LogP contribution in [0, 0.1) is 0 Å². The Morgan fingerprint density at radius 3 is 1.13 bits per heavy atom. The molecular weight excluding hydrogens is 845 g/mol. The van der Waals surface area contributed by atoms with Gasteiger partial charge in [0.25, 0.3) is 0 Å². The SMILES string of the molecule is CS(=O)(=O)Cl.CS(=O)(=O)Cl.CS(=O)(=O)Nc1ccc(C(=O)[O-])cc1.Nc1ccc(C(=O)[O-])cc1.O=S([O-])OCl.P.P.P.P.[Na+].[Na+]. The van der Waals surface area contributed by atoms with Crippen LogP contribution in [0.3, 0.4) is 0 Å². The summed E-state index contributed by atoms with van der Waals surface area (Å²) < 4.78 is 82.5. The topological polar surface area (TPSA) is 270 Å². The maximum atomic E-state index is 10.8. The van der Waals surface area contributed by atoms with Gasteiger partial charge in [0.2, 0.25) is 28.1 Å². The van der Waals surface area contributed by atoms with E-state index in [4.69, 9.17) is 14.5 Å². The standard InChI is InChI=1S/C8H9NO4S.C7H7NO2.2CH3ClO2S.ClHO3S.2Na.4H3P/c1-14(12,13)9-7-4-2-6(3-5-7)8(10)11;8-6-3-1-5(2-4-6)7(9)10;2*1-5(2,3)4;1-4-5(2)3;;;;;;/h2-5,9H,1H3,(H,10,11);1-4H,8H2,(H,9,10);2*1H3;(H,2,3);;;4*1H3/q;;;;;2*+1;;;;/p-3. The number of carboxylic acids is 2. The van der Waals surface area contributed by atoms with E-state index in [0.717, 1.165) is 18.8 Å². The van der Waals surface area contributed by atoms with Crippen LogP contribution in [0.4, 0.5) is 11.4 Å². The van der Waals surface area contributed by atoms with E-state index in [1.807, 2.05) is 0 Å². The number of carbonyl (C=O) groups is 2. The second-order valence-electron chi connectivity index (χ2n) is 6.28. The molecule has 0 saturated heterocycles. The van der Waals surface area contributed by atoms with Crippen molar-refractivity contribution in [3.63, 3.8) is 0 Å². The number of nitrogen functional groups attached to an aromatic ring is 1. The van der Waals surface area contributed by atoms with Crippen molar-refractivity contribution >= 4 is 136 Å². The Labute approximate surface area is 337 Å². The van der Waals surface area contributed by atoms with Gasteiger partial charge in [-0.05, 0) is 35.4 Å². The molecule has 0 aliphatic heterocycles. The number of carboxylic acid groups (broad SMARTS) is 2. The van der Waals surface area contributed by atoms with Gasteiger partial charge < -0.3 is 30.1 Å². The summed E-state index contributed by atoms with van der Waals surface area (Å²) in [6.07, 6.45) is 2.86. The van der Waals surface area contributed by atoms with Gasteiger partial charge in [0.15, 0.2) is 0 Å². The van der Waals surface area contributed by atoms with Gasteiger partial charge in [-0.25, -0.2) is 29.5 Å². The largest absolute Gasteiger partial charge is 1.00 e. The summed E-state index contributed by atoms with van der Waals surface area (Å²) >= 11 is 1.67. The molecule has 5 unspecified atom stereocenters. The molecule has 15 nitrogen and oxygen atoms in total. The first kappa shape index (κ1) is 68.4. The number of hydrogen-bond acceptors (Lipinski definition) is 14. The summed E-state index contributed by atoms with van der Waals surface area (Å²) in [4.78, 5) is 20.5. The number of hydrogen-bond donors (Lipinski definition) is 2. The van der Waals surface area contributed by atoms with Crippen molar-refractivity contribution in [2.45, 2.75) is 0 Å². The molecule has 3 N–H and O–H groups in total. The molecule has 28 heteroatoms. The first-order chi connectivity index (χ1) is 17.4. The Kier molecular flexibility index (Phi) is 53.7. The third kappa shape index (κ3) is 64.6. The molecule has 0 saturated carbocycles. The molecule has 45 heavy (non-hydrogen) atoms. The van der Waals surface area contributed by atoms with Gasteiger partial charge in [-0.3, -0.25) is 4.72 Å². The van der Waals surface area contributed by atoms with E-state index in [1.165, 1.54) is 48.5 Å². The Morgan fingerprint density at radius 1 is 0.733 bits per heavy atom. The van der Waals surface area contributed by atoms with Crippen LogP contribution < -0.4 is 79.8 Å². The van der Waals surface area contributed by atoms with Crippen LogP contribution in [-0.2, 0) is 43.2 Å². The van der Waals surface area contributed by atoms with Crippen LogP contribution in [-0.4, -0.2) is 64.7 Å². The van der Waals surface area contributed by atoms with Crippen LogP contribution in [0.2, 0.25) is 0 Å². The third-order valence-corrected chi connectivity index (χ3v) is 3.64. The number of halogens is 3. The summed E-state index contributed by atoms with van der Waals surface area (Å²) in [5, 5.41) is 20.5.